The molecule has 4 heterocycles. The lowest BCUT2D eigenvalue weighted by molar-refractivity contribution is 0.00502. The van der Waals surface area contributed by atoms with Crippen LogP contribution in [-0.2, 0) is 9.47 Å². The molecule has 14 nitrogen and oxygen atoms in total. The van der Waals surface area contributed by atoms with Gasteiger partial charge in [0.25, 0.3) is 5.88 Å². The van der Waals surface area contributed by atoms with E-state index in [1.165, 1.54) is 0 Å². The van der Waals surface area contributed by atoms with Gasteiger partial charge < -0.3 is 24.3 Å². The van der Waals surface area contributed by atoms with Gasteiger partial charge in [0.2, 0.25) is 5.95 Å². The highest BCUT2D eigenvalue weighted by Gasteiger charge is 2.29. The van der Waals surface area contributed by atoms with Crippen molar-refractivity contribution in [2.75, 3.05) is 58.0 Å². The molecule has 0 radical (unpaired) electrons. The van der Waals surface area contributed by atoms with Crippen LogP contribution in [0.1, 0.15) is 45.6 Å². The molecule has 0 bridgehead atoms. The third kappa shape index (κ3) is 8.36. The lowest BCUT2D eigenvalue weighted by atomic mass is 9.90. The van der Waals surface area contributed by atoms with Crippen LogP contribution in [0.15, 0.2) is 41.9 Å². The summed E-state index contributed by atoms with van der Waals surface area (Å²) in [6.45, 7) is 9.76. The topological polar surface area (TPSA) is 135 Å². The Bertz CT molecular complexity index is 1430. The number of halogens is 1. The number of hydrazone groups is 1. The van der Waals surface area contributed by atoms with E-state index in [4.69, 9.17) is 35.6 Å². The first-order valence-electron chi connectivity index (χ1n) is 16.0. The molecular weight excluding hydrogens is 612 g/mol. The third-order valence-electron chi connectivity index (χ3n) is 8.37. The molecule has 2 aliphatic heterocycles. The zero-order chi connectivity index (χ0) is 31.7. The van der Waals surface area contributed by atoms with Crippen molar-refractivity contribution in [2.45, 2.75) is 57.7 Å². The Morgan fingerprint density at radius 3 is 2.59 bits per heavy atom. The first-order valence-corrected chi connectivity index (χ1v) is 16.4. The molecule has 1 saturated carbocycles. The number of morpholine rings is 1. The summed E-state index contributed by atoms with van der Waals surface area (Å²) in [4.78, 5) is 11.8. The van der Waals surface area contributed by atoms with Crippen LogP contribution in [0.4, 0.5) is 11.6 Å². The van der Waals surface area contributed by atoms with Gasteiger partial charge in [-0.3, -0.25) is 14.6 Å². The van der Waals surface area contributed by atoms with Crippen LogP contribution in [0.3, 0.4) is 0 Å². The maximum atomic E-state index is 6.46. The fourth-order valence-corrected chi connectivity index (χ4v) is 6.17. The number of anilines is 2. The Labute approximate surface area is 274 Å². The molecule has 46 heavy (non-hydrogen) atoms. The number of hydrogen-bond donors (Lipinski definition) is 3. The first-order chi connectivity index (χ1) is 22.6. The maximum Gasteiger partial charge on any atom is 0.257 e. The molecule has 2 fully saturated rings. The Kier molecular flexibility index (Phi) is 11.0. The summed E-state index contributed by atoms with van der Waals surface area (Å²) in [5.41, 5.74) is 8.02. The quantitative estimate of drug-likeness (QED) is 0.217. The number of hydrogen-bond acceptors (Lipinski definition) is 13. The average molecular weight is 655 g/mol. The Balaban J connectivity index is 1.11. The van der Waals surface area contributed by atoms with Crippen molar-refractivity contribution in [3.8, 4) is 22.8 Å². The number of ether oxygens (including phenoxy) is 4. The SMILES string of the molecule is CCOCCOc1nn(C2CCC(N3CCOCC3)CC2)cc1Nc1ncc(-c2ccc(Cl)c(O[C@@H](C)CN3C=NNN3)c2)cn1. The van der Waals surface area contributed by atoms with Gasteiger partial charge in [-0.25, -0.2) is 15.5 Å². The Morgan fingerprint density at radius 2 is 1.85 bits per heavy atom. The van der Waals surface area contributed by atoms with E-state index in [-0.39, 0.29) is 6.10 Å². The summed E-state index contributed by atoms with van der Waals surface area (Å²) in [5.74, 6) is 1.54. The molecule has 3 N–H and O–H groups in total. The Morgan fingerprint density at radius 1 is 1.07 bits per heavy atom. The molecule has 6 rings (SSSR count). The number of nitrogens with one attached hydrogen (secondary N) is 3. The van der Waals surface area contributed by atoms with E-state index in [0.717, 1.165) is 68.8 Å². The summed E-state index contributed by atoms with van der Waals surface area (Å²) in [6.07, 6.45) is 11.5. The zero-order valence-corrected chi connectivity index (χ0v) is 27.2. The summed E-state index contributed by atoms with van der Waals surface area (Å²) >= 11 is 6.46. The van der Waals surface area contributed by atoms with Crippen molar-refractivity contribution in [2.24, 2.45) is 5.10 Å². The van der Waals surface area contributed by atoms with E-state index in [1.807, 2.05) is 42.9 Å². The second kappa shape index (κ2) is 15.7. The molecule has 248 valence electrons. The van der Waals surface area contributed by atoms with Gasteiger partial charge in [0.05, 0.1) is 43.6 Å². The maximum absolute atomic E-state index is 6.46. The van der Waals surface area contributed by atoms with Gasteiger partial charge in [0.1, 0.15) is 30.5 Å². The smallest absolute Gasteiger partial charge is 0.257 e. The molecule has 1 aromatic carbocycles. The fourth-order valence-electron chi connectivity index (χ4n) is 6.01. The molecule has 0 spiro atoms. The standard InChI is InChI=1S/C31H43ClN10O4/c1-3-43-14-15-45-30-28(20-42(37-30)26-7-5-25(6-8-26)40-10-12-44-13-11-40)36-31-33-17-24(18-34-31)23-4-9-27(32)29(16-23)46-22(2)19-41-21-35-38-39-41/h4,9,16-18,20-22,25-26,38-39H,3,5-8,10-15,19H2,1-2H3,(H,33,34,36)/t22-,25?,26?/m0/s1. The monoisotopic (exact) mass is 654 g/mol. The van der Waals surface area contributed by atoms with Crippen LogP contribution in [0, 0.1) is 0 Å². The van der Waals surface area contributed by atoms with Gasteiger partial charge in [-0.1, -0.05) is 17.7 Å². The normalized spacial score (nSPS) is 20.8. The molecule has 15 heteroatoms. The van der Waals surface area contributed by atoms with Gasteiger partial charge in [-0.05, 0) is 57.2 Å². The van der Waals surface area contributed by atoms with Gasteiger partial charge in [0, 0.05) is 43.7 Å². The third-order valence-corrected chi connectivity index (χ3v) is 8.68. The second-order valence-corrected chi connectivity index (χ2v) is 12.0. The van der Waals surface area contributed by atoms with Crippen LogP contribution >= 0.6 is 11.6 Å². The minimum Gasteiger partial charge on any atom is -0.487 e. The summed E-state index contributed by atoms with van der Waals surface area (Å²) in [6, 6.07) is 6.57. The molecular formula is C31H43ClN10O4. The van der Waals surface area contributed by atoms with Crippen molar-refractivity contribution in [1.29, 1.82) is 0 Å². The van der Waals surface area contributed by atoms with Gasteiger partial charge in [-0.2, -0.15) is 5.10 Å². The van der Waals surface area contributed by atoms with Gasteiger partial charge in [0.15, 0.2) is 0 Å². The van der Waals surface area contributed by atoms with E-state index >= 15 is 0 Å². The van der Waals surface area contributed by atoms with Crippen molar-refractivity contribution in [3.05, 3.63) is 41.8 Å². The van der Waals surface area contributed by atoms with E-state index in [2.05, 4.69) is 36.4 Å². The lowest BCUT2D eigenvalue weighted by Gasteiger charge is -2.38. The van der Waals surface area contributed by atoms with Crippen LogP contribution in [-0.4, -0.2) is 101 Å². The van der Waals surface area contributed by atoms with Gasteiger partial charge >= 0.3 is 0 Å². The summed E-state index contributed by atoms with van der Waals surface area (Å²) in [5, 5.41) is 14.4. The predicted molar refractivity (Wildman–Crippen MR) is 175 cm³/mol. The van der Waals surface area contributed by atoms with Crippen molar-refractivity contribution in [1.82, 2.24) is 40.7 Å². The largest absolute Gasteiger partial charge is 0.487 e. The first kappa shape index (κ1) is 32.3. The lowest BCUT2D eigenvalue weighted by Crippen LogP contribution is -2.45. The van der Waals surface area contributed by atoms with Crippen LogP contribution < -0.4 is 25.9 Å². The molecule has 1 atom stereocenters. The second-order valence-electron chi connectivity index (χ2n) is 11.6. The Hall–Kier alpha value is -3.69. The van der Waals surface area contributed by atoms with Crippen LogP contribution in [0.5, 0.6) is 11.6 Å². The number of aromatic nitrogens is 4. The molecule has 3 aliphatic rings. The van der Waals surface area contributed by atoms with Crippen LogP contribution in [0.25, 0.3) is 11.1 Å². The molecule has 0 unspecified atom stereocenters. The fraction of sp³-hybridized carbons (Fsp3) is 0.548. The predicted octanol–water partition coefficient (Wildman–Crippen LogP) is 4.00. The summed E-state index contributed by atoms with van der Waals surface area (Å²) in [7, 11) is 0. The van der Waals surface area contributed by atoms with Gasteiger partial charge in [-0.15, -0.1) is 10.6 Å². The number of benzene rings is 1. The van der Waals surface area contributed by atoms with Crippen molar-refractivity contribution >= 4 is 29.6 Å². The van der Waals surface area contributed by atoms with E-state index in [1.54, 1.807) is 23.7 Å². The number of rotatable bonds is 14. The minimum atomic E-state index is -0.153. The highest BCUT2D eigenvalue weighted by Crippen LogP contribution is 2.35. The molecule has 2 aromatic heterocycles. The van der Waals surface area contributed by atoms with E-state index in [0.29, 0.717) is 61.0 Å². The molecule has 3 aromatic rings. The van der Waals surface area contributed by atoms with Crippen molar-refractivity contribution < 1.29 is 18.9 Å². The minimum absolute atomic E-state index is 0.153. The zero-order valence-electron chi connectivity index (χ0n) is 26.4. The van der Waals surface area contributed by atoms with E-state index in [9.17, 15) is 0 Å². The molecule has 1 aliphatic carbocycles. The molecule has 0 amide bonds. The number of nitrogens with zero attached hydrogens (tertiary/aromatic N) is 7. The van der Waals surface area contributed by atoms with E-state index < -0.39 is 0 Å². The highest BCUT2D eigenvalue weighted by molar-refractivity contribution is 6.32. The number of hydrazine groups is 2. The molecule has 1 saturated heterocycles. The highest BCUT2D eigenvalue weighted by atomic mass is 35.5. The van der Waals surface area contributed by atoms with Crippen LogP contribution in [0.2, 0.25) is 5.02 Å². The average Bonchev–Trinajstić information content (AvgIpc) is 3.75. The summed E-state index contributed by atoms with van der Waals surface area (Å²) < 4.78 is 25.2. The van der Waals surface area contributed by atoms with Crippen molar-refractivity contribution in [3.63, 3.8) is 0 Å².